The number of allylic oxidation sites excluding steroid dienone is 1. The third-order valence-corrected chi connectivity index (χ3v) is 4.26. The molecule has 1 aromatic heterocycles. The van der Waals surface area contributed by atoms with E-state index in [4.69, 9.17) is 4.74 Å². The van der Waals surface area contributed by atoms with Gasteiger partial charge in [-0.2, -0.15) is 0 Å². The Labute approximate surface area is 110 Å². The van der Waals surface area contributed by atoms with Gasteiger partial charge in [-0.05, 0) is 28.5 Å². The molecule has 2 nitrogen and oxygen atoms in total. The summed E-state index contributed by atoms with van der Waals surface area (Å²) in [6, 6.07) is 8.27. The summed E-state index contributed by atoms with van der Waals surface area (Å²) in [6.45, 7) is 4.08. The van der Waals surface area contributed by atoms with Crippen molar-refractivity contribution in [3.8, 4) is 0 Å². The van der Waals surface area contributed by atoms with Gasteiger partial charge in [0.05, 0.1) is 6.42 Å². The first kappa shape index (κ1) is 11.5. The van der Waals surface area contributed by atoms with Gasteiger partial charge in [0.1, 0.15) is 5.76 Å². The van der Waals surface area contributed by atoms with E-state index in [0.29, 0.717) is 6.42 Å². The van der Waals surface area contributed by atoms with E-state index in [2.05, 4.69) is 17.5 Å². The van der Waals surface area contributed by atoms with Crippen LogP contribution < -0.4 is 0 Å². The van der Waals surface area contributed by atoms with Gasteiger partial charge in [-0.15, -0.1) is 11.3 Å². The van der Waals surface area contributed by atoms with Crippen LogP contribution in [0.15, 0.2) is 35.4 Å². The van der Waals surface area contributed by atoms with Gasteiger partial charge >= 0.3 is 5.97 Å². The number of rotatable bonds is 1. The third kappa shape index (κ3) is 1.85. The summed E-state index contributed by atoms with van der Waals surface area (Å²) >= 11 is 1.71. The van der Waals surface area contributed by atoms with Crippen molar-refractivity contribution in [2.24, 2.45) is 5.41 Å². The molecule has 0 saturated carbocycles. The van der Waals surface area contributed by atoms with Crippen LogP contribution in [0.5, 0.6) is 0 Å². The number of hydrogen-bond donors (Lipinski definition) is 0. The molecule has 1 aromatic carbocycles. The van der Waals surface area contributed by atoms with Crippen molar-refractivity contribution >= 4 is 33.5 Å². The SMILES string of the molecule is CC1(C)CC(=O)O/C1=C\c1csc2ccccc12. The second kappa shape index (κ2) is 3.95. The zero-order valence-electron chi connectivity index (χ0n) is 10.4. The number of cyclic esters (lactones) is 1. The Morgan fingerprint density at radius 2 is 2.11 bits per heavy atom. The van der Waals surface area contributed by atoms with Crippen molar-refractivity contribution in [2.75, 3.05) is 0 Å². The minimum Gasteiger partial charge on any atom is -0.430 e. The predicted octanol–water partition coefficient (Wildman–Crippen LogP) is 4.22. The maximum Gasteiger partial charge on any atom is 0.311 e. The zero-order valence-corrected chi connectivity index (χ0v) is 11.2. The molecule has 0 aliphatic carbocycles. The molecule has 0 radical (unpaired) electrons. The number of carbonyl (C=O) groups is 1. The first-order valence-electron chi connectivity index (χ1n) is 5.95. The van der Waals surface area contributed by atoms with E-state index in [1.165, 1.54) is 10.1 Å². The number of carbonyl (C=O) groups excluding carboxylic acids is 1. The second-order valence-corrected chi connectivity index (χ2v) is 6.14. The fourth-order valence-electron chi connectivity index (χ4n) is 2.22. The van der Waals surface area contributed by atoms with Crippen molar-refractivity contribution in [3.63, 3.8) is 0 Å². The molecule has 2 heterocycles. The molecule has 0 spiro atoms. The highest BCUT2D eigenvalue weighted by Gasteiger charge is 2.37. The van der Waals surface area contributed by atoms with Crippen LogP contribution >= 0.6 is 11.3 Å². The van der Waals surface area contributed by atoms with Gasteiger partial charge < -0.3 is 4.74 Å². The van der Waals surface area contributed by atoms with Crippen LogP contribution in [-0.2, 0) is 9.53 Å². The molecular formula is C15H14O2S. The van der Waals surface area contributed by atoms with Crippen molar-refractivity contribution in [1.29, 1.82) is 0 Å². The predicted molar refractivity (Wildman–Crippen MR) is 74.3 cm³/mol. The highest BCUT2D eigenvalue weighted by Crippen LogP contribution is 2.40. The van der Waals surface area contributed by atoms with E-state index in [1.54, 1.807) is 11.3 Å². The molecule has 2 aromatic rings. The van der Waals surface area contributed by atoms with E-state index in [0.717, 1.165) is 11.3 Å². The Hall–Kier alpha value is -1.61. The normalized spacial score (nSPS) is 20.6. The van der Waals surface area contributed by atoms with Gasteiger partial charge in [0.2, 0.25) is 0 Å². The molecule has 18 heavy (non-hydrogen) atoms. The highest BCUT2D eigenvalue weighted by molar-refractivity contribution is 7.17. The summed E-state index contributed by atoms with van der Waals surface area (Å²) in [6.07, 6.45) is 2.46. The molecule has 0 N–H and O–H groups in total. The quantitative estimate of drug-likeness (QED) is 0.716. The average Bonchev–Trinajstić information content (AvgIpc) is 2.82. The first-order chi connectivity index (χ1) is 8.56. The van der Waals surface area contributed by atoms with E-state index in [-0.39, 0.29) is 11.4 Å². The minimum absolute atomic E-state index is 0.134. The lowest BCUT2D eigenvalue weighted by Gasteiger charge is -2.14. The number of ether oxygens (including phenoxy) is 1. The van der Waals surface area contributed by atoms with E-state index < -0.39 is 0 Å². The number of thiophene rings is 1. The molecular weight excluding hydrogens is 244 g/mol. The first-order valence-corrected chi connectivity index (χ1v) is 6.83. The van der Waals surface area contributed by atoms with E-state index >= 15 is 0 Å². The van der Waals surface area contributed by atoms with Gasteiger partial charge in [-0.25, -0.2) is 0 Å². The second-order valence-electron chi connectivity index (χ2n) is 5.23. The summed E-state index contributed by atoms with van der Waals surface area (Å²) in [5.74, 6) is 0.641. The molecule has 1 aliphatic rings. The number of esters is 1. The molecule has 92 valence electrons. The van der Waals surface area contributed by atoms with Crippen LogP contribution in [0.1, 0.15) is 25.8 Å². The van der Waals surface area contributed by atoms with Gasteiger partial charge in [0, 0.05) is 10.1 Å². The lowest BCUT2D eigenvalue weighted by Crippen LogP contribution is -2.07. The minimum atomic E-state index is -0.194. The van der Waals surface area contributed by atoms with Crippen LogP contribution in [0.4, 0.5) is 0 Å². The number of benzene rings is 1. The monoisotopic (exact) mass is 258 g/mol. The smallest absolute Gasteiger partial charge is 0.311 e. The Morgan fingerprint density at radius 1 is 1.33 bits per heavy atom. The number of hydrogen-bond acceptors (Lipinski definition) is 3. The maximum atomic E-state index is 11.4. The Balaban J connectivity index is 2.09. The van der Waals surface area contributed by atoms with Crippen LogP contribution in [0.2, 0.25) is 0 Å². The molecule has 3 heteroatoms. The van der Waals surface area contributed by atoms with Crippen LogP contribution in [0, 0.1) is 5.41 Å². The third-order valence-electron chi connectivity index (χ3n) is 3.27. The fourth-order valence-corrected chi connectivity index (χ4v) is 3.14. The van der Waals surface area contributed by atoms with E-state index in [9.17, 15) is 4.79 Å². The zero-order chi connectivity index (χ0) is 12.8. The van der Waals surface area contributed by atoms with Gasteiger partial charge in [-0.1, -0.05) is 32.0 Å². The van der Waals surface area contributed by atoms with Gasteiger partial charge in [0.15, 0.2) is 0 Å². The maximum absolute atomic E-state index is 11.4. The van der Waals surface area contributed by atoms with Crippen LogP contribution in [0.25, 0.3) is 16.2 Å². The average molecular weight is 258 g/mol. The highest BCUT2D eigenvalue weighted by atomic mass is 32.1. The number of fused-ring (bicyclic) bond motifs is 1. The lowest BCUT2D eigenvalue weighted by molar-refractivity contribution is -0.135. The van der Waals surface area contributed by atoms with Crippen LogP contribution in [0.3, 0.4) is 0 Å². The Bertz CT molecular complexity index is 649. The summed E-state index contributed by atoms with van der Waals surface area (Å²) < 4.78 is 6.58. The topological polar surface area (TPSA) is 26.3 Å². The molecule has 0 unspecified atom stereocenters. The van der Waals surface area contributed by atoms with Crippen LogP contribution in [-0.4, -0.2) is 5.97 Å². The van der Waals surface area contributed by atoms with Crippen molar-refractivity contribution in [3.05, 3.63) is 41.0 Å². The largest absolute Gasteiger partial charge is 0.430 e. The molecule has 1 aliphatic heterocycles. The standard InChI is InChI=1S/C15H14O2S/c1-15(2)8-14(16)17-13(15)7-10-9-18-12-6-4-3-5-11(10)12/h3-7,9H,8H2,1-2H3/b13-7-. The molecule has 1 saturated heterocycles. The molecule has 0 amide bonds. The van der Waals surface area contributed by atoms with E-state index in [1.807, 2.05) is 32.1 Å². The summed E-state index contributed by atoms with van der Waals surface area (Å²) in [5, 5.41) is 3.33. The molecule has 0 bridgehead atoms. The summed E-state index contributed by atoms with van der Waals surface area (Å²) in [7, 11) is 0. The van der Waals surface area contributed by atoms with Crippen molar-refractivity contribution in [2.45, 2.75) is 20.3 Å². The van der Waals surface area contributed by atoms with Crippen molar-refractivity contribution < 1.29 is 9.53 Å². The Kier molecular flexibility index (Phi) is 2.52. The molecule has 0 atom stereocenters. The van der Waals surface area contributed by atoms with Gasteiger partial charge in [0.25, 0.3) is 0 Å². The summed E-state index contributed by atoms with van der Waals surface area (Å²) in [4.78, 5) is 11.4. The summed E-state index contributed by atoms with van der Waals surface area (Å²) in [5.41, 5.74) is 0.938. The lowest BCUT2D eigenvalue weighted by atomic mass is 9.88. The molecule has 3 rings (SSSR count). The van der Waals surface area contributed by atoms with Crippen molar-refractivity contribution in [1.82, 2.24) is 0 Å². The Morgan fingerprint density at radius 3 is 2.83 bits per heavy atom. The van der Waals surface area contributed by atoms with Gasteiger partial charge in [-0.3, -0.25) is 4.79 Å². The molecule has 1 fully saturated rings. The fraction of sp³-hybridized carbons (Fsp3) is 0.267.